The second-order valence-corrected chi connectivity index (χ2v) is 3.68. The number of nitrogens with zero attached hydrogens (tertiary/aromatic N) is 1. The Bertz CT molecular complexity index is 487. The number of benzene rings is 1. The Hall–Kier alpha value is -2.12. The number of hydrogen-bond acceptors (Lipinski definition) is 6. The van der Waals surface area contributed by atoms with Crippen molar-refractivity contribution in [2.24, 2.45) is 5.84 Å². The summed E-state index contributed by atoms with van der Waals surface area (Å²) in [5.41, 5.74) is 3.26. The molecular weight excluding hydrogens is 274 g/mol. The summed E-state index contributed by atoms with van der Waals surface area (Å²) in [5, 5.41) is 0.511. The van der Waals surface area contributed by atoms with E-state index in [0.29, 0.717) is 10.8 Å². The first-order chi connectivity index (χ1) is 8.61. The van der Waals surface area contributed by atoms with Gasteiger partial charge in [0.1, 0.15) is 0 Å². The van der Waals surface area contributed by atoms with Gasteiger partial charge >= 0.3 is 5.97 Å². The van der Waals surface area contributed by atoms with Gasteiger partial charge in [-0.2, -0.15) is 0 Å². The van der Waals surface area contributed by atoms with E-state index >= 15 is 0 Å². The Morgan fingerprint density at radius 1 is 1.16 bits per heavy atom. The average molecular weight is 286 g/mol. The van der Waals surface area contributed by atoms with Gasteiger partial charge in [-0.05, 0) is 24.3 Å². The molecule has 3 N–H and O–H groups in total. The fraction of sp³-hybridized carbons (Fsp3) is 0.182. The smallest absolute Gasteiger partial charge is 0.325 e. The van der Waals surface area contributed by atoms with E-state index in [9.17, 15) is 14.4 Å². The van der Waals surface area contributed by atoms with Gasteiger partial charge in [0.2, 0.25) is 0 Å². The molecule has 7 nitrogen and oxygen atoms in total. The number of anilines is 1. The van der Waals surface area contributed by atoms with Crippen LogP contribution in [0.5, 0.6) is 0 Å². The summed E-state index contributed by atoms with van der Waals surface area (Å²) in [6.07, 6.45) is 0.143. The van der Waals surface area contributed by atoms with E-state index in [1.54, 1.807) is 12.1 Å². The van der Waals surface area contributed by atoms with Crippen LogP contribution in [0.1, 0.15) is 23.2 Å². The minimum Gasteiger partial charge on any atom is -0.325 e. The van der Waals surface area contributed by atoms with Crippen LogP contribution < -0.4 is 11.3 Å². The van der Waals surface area contributed by atoms with Crippen molar-refractivity contribution in [3.05, 3.63) is 29.8 Å². The molecule has 8 heteroatoms. The molecule has 1 aliphatic rings. The third-order valence-corrected chi connectivity index (χ3v) is 2.47. The van der Waals surface area contributed by atoms with Crippen molar-refractivity contribution >= 4 is 35.9 Å². The maximum atomic E-state index is 11.7. The lowest BCUT2D eigenvalue weighted by Gasteiger charge is -2.12. The van der Waals surface area contributed by atoms with Crippen molar-refractivity contribution in [2.75, 3.05) is 5.43 Å². The van der Waals surface area contributed by atoms with E-state index in [2.05, 4.69) is 5.43 Å². The fourth-order valence-electron chi connectivity index (χ4n) is 1.50. The predicted molar refractivity (Wildman–Crippen MR) is 68.0 cm³/mol. The molecule has 0 spiro atoms. The Morgan fingerprint density at radius 3 is 2.16 bits per heavy atom. The zero-order valence-electron chi connectivity index (χ0n) is 9.79. The van der Waals surface area contributed by atoms with Gasteiger partial charge in [0.15, 0.2) is 0 Å². The van der Waals surface area contributed by atoms with Crippen LogP contribution in [0.15, 0.2) is 24.3 Å². The molecular formula is C11H12ClN3O4. The molecule has 102 valence electrons. The summed E-state index contributed by atoms with van der Waals surface area (Å²) in [7, 11) is 0. The van der Waals surface area contributed by atoms with Gasteiger partial charge in [-0.1, -0.05) is 0 Å². The Balaban J connectivity index is 0.00000180. The molecule has 1 aromatic rings. The molecule has 1 heterocycles. The summed E-state index contributed by atoms with van der Waals surface area (Å²) in [6.45, 7) is 0. The van der Waals surface area contributed by atoms with E-state index in [0.717, 1.165) is 0 Å². The number of nitrogens with one attached hydrogen (secondary N) is 1. The van der Waals surface area contributed by atoms with E-state index in [4.69, 9.17) is 10.7 Å². The molecule has 0 radical (unpaired) electrons. The maximum Gasteiger partial charge on any atom is 0.363 e. The van der Waals surface area contributed by atoms with Crippen molar-refractivity contribution in [1.82, 2.24) is 5.06 Å². The standard InChI is InChI=1S/C11H11N3O4.ClH/c12-13-8-3-1-7(2-4-8)11(17)18-14-9(15)5-6-10(14)16;/h1-4,13H,5-6,12H2;1H. The van der Waals surface area contributed by atoms with Crippen molar-refractivity contribution in [3.63, 3.8) is 0 Å². The number of carbonyl (C=O) groups is 3. The van der Waals surface area contributed by atoms with Gasteiger partial charge in [-0.25, -0.2) is 4.79 Å². The van der Waals surface area contributed by atoms with Crippen molar-refractivity contribution in [1.29, 1.82) is 0 Å². The van der Waals surface area contributed by atoms with E-state index in [1.165, 1.54) is 12.1 Å². The molecule has 0 bridgehead atoms. The normalized spacial score (nSPS) is 14.1. The predicted octanol–water partition coefficient (Wildman–Crippen LogP) is 0.615. The topological polar surface area (TPSA) is 102 Å². The van der Waals surface area contributed by atoms with Gasteiger partial charge in [-0.15, -0.1) is 17.5 Å². The van der Waals surface area contributed by atoms with E-state index < -0.39 is 17.8 Å². The molecule has 2 rings (SSSR count). The second kappa shape index (κ2) is 6.17. The zero-order chi connectivity index (χ0) is 13.1. The second-order valence-electron chi connectivity index (χ2n) is 3.68. The Kier molecular flexibility index (Phi) is 4.85. The minimum atomic E-state index is -0.762. The van der Waals surface area contributed by atoms with Crippen LogP contribution in [-0.2, 0) is 14.4 Å². The highest BCUT2D eigenvalue weighted by Crippen LogP contribution is 2.15. The molecule has 1 aliphatic heterocycles. The number of amides is 2. The Labute approximate surface area is 115 Å². The molecule has 0 unspecified atom stereocenters. The number of nitrogens with two attached hydrogens (primary N) is 1. The van der Waals surface area contributed by atoms with Crippen LogP contribution in [-0.4, -0.2) is 22.8 Å². The van der Waals surface area contributed by atoms with Crippen LogP contribution in [0.3, 0.4) is 0 Å². The molecule has 0 aromatic heterocycles. The van der Waals surface area contributed by atoms with E-state index in [-0.39, 0.29) is 30.8 Å². The van der Waals surface area contributed by atoms with Crippen LogP contribution in [0.25, 0.3) is 0 Å². The quantitative estimate of drug-likeness (QED) is 0.479. The van der Waals surface area contributed by atoms with Crippen LogP contribution in [0.4, 0.5) is 5.69 Å². The molecule has 0 aliphatic carbocycles. The monoisotopic (exact) mass is 285 g/mol. The van der Waals surface area contributed by atoms with Gasteiger partial charge in [0.25, 0.3) is 11.8 Å². The van der Waals surface area contributed by atoms with Gasteiger partial charge in [0.05, 0.1) is 5.56 Å². The number of hydroxylamine groups is 2. The number of rotatable bonds is 3. The van der Waals surface area contributed by atoms with Crippen LogP contribution >= 0.6 is 12.4 Å². The number of halogens is 1. The number of imide groups is 1. The molecule has 1 fully saturated rings. The first-order valence-corrected chi connectivity index (χ1v) is 5.26. The lowest BCUT2D eigenvalue weighted by molar-refractivity contribution is -0.172. The van der Waals surface area contributed by atoms with Crippen molar-refractivity contribution in [3.8, 4) is 0 Å². The number of nitrogen functional groups attached to an aromatic ring is 1. The number of hydrogen-bond donors (Lipinski definition) is 2. The van der Waals surface area contributed by atoms with Gasteiger partial charge < -0.3 is 10.3 Å². The largest absolute Gasteiger partial charge is 0.363 e. The first-order valence-electron chi connectivity index (χ1n) is 5.26. The highest BCUT2D eigenvalue weighted by molar-refractivity contribution is 6.02. The molecule has 1 aromatic carbocycles. The van der Waals surface area contributed by atoms with Crippen LogP contribution in [0, 0.1) is 0 Å². The van der Waals surface area contributed by atoms with Gasteiger partial charge in [-0.3, -0.25) is 15.4 Å². The SMILES string of the molecule is Cl.NNc1ccc(C(=O)ON2C(=O)CCC2=O)cc1. The summed E-state index contributed by atoms with van der Waals surface area (Å²) >= 11 is 0. The Morgan fingerprint density at radius 2 is 1.68 bits per heavy atom. The summed E-state index contributed by atoms with van der Waals surface area (Å²) in [6, 6.07) is 6.10. The molecule has 0 saturated carbocycles. The third kappa shape index (κ3) is 3.21. The zero-order valence-corrected chi connectivity index (χ0v) is 10.6. The summed E-state index contributed by atoms with van der Waals surface area (Å²) in [4.78, 5) is 38.9. The summed E-state index contributed by atoms with van der Waals surface area (Å²) < 4.78 is 0. The minimum absolute atomic E-state index is 0. The molecule has 19 heavy (non-hydrogen) atoms. The van der Waals surface area contributed by atoms with Crippen LogP contribution in [0.2, 0.25) is 0 Å². The maximum absolute atomic E-state index is 11.7. The first kappa shape index (κ1) is 14.9. The highest BCUT2D eigenvalue weighted by Gasteiger charge is 2.33. The van der Waals surface area contributed by atoms with E-state index in [1.807, 2.05) is 0 Å². The van der Waals surface area contributed by atoms with Crippen molar-refractivity contribution in [2.45, 2.75) is 12.8 Å². The summed E-state index contributed by atoms with van der Waals surface area (Å²) in [5.74, 6) is 3.41. The number of hydrazine groups is 1. The third-order valence-electron chi connectivity index (χ3n) is 2.47. The molecule has 1 saturated heterocycles. The average Bonchev–Trinajstić information content (AvgIpc) is 2.70. The molecule has 2 amide bonds. The highest BCUT2D eigenvalue weighted by atomic mass is 35.5. The fourth-order valence-corrected chi connectivity index (χ4v) is 1.50. The lowest BCUT2D eigenvalue weighted by atomic mass is 10.2. The molecule has 0 atom stereocenters. The lowest BCUT2D eigenvalue weighted by Crippen LogP contribution is -2.32. The number of carbonyl (C=O) groups excluding carboxylic acids is 3. The van der Waals surface area contributed by atoms with Gasteiger partial charge in [0, 0.05) is 18.5 Å². The van der Waals surface area contributed by atoms with Crippen molar-refractivity contribution < 1.29 is 19.2 Å².